The van der Waals surface area contributed by atoms with E-state index in [2.05, 4.69) is 14.9 Å². The molecule has 0 amide bonds. The quantitative estimate of drug-likeness (QED) is 0.745. The summed E-state index contributed by atoms with van der Waals surface area (Å²) in [7, 11) is 0. The SMILES string of the molecule is CC(C)(C)C(=O)COC(=O)c1nonc1N. The molecule has 0 aliphatic heterocycles. The number of rotatable bonds is 3. The number of nitrogens with two attached hydrogens (primary N) is 1. The number of carbonyl (C=O) groups is 2. The van der Waals surface area contributed by atoms with E-state index < -0.39 is 11.4 Å². The molecule has 2 N–H and O–H groups in total. The van der Waals surface area contributed by atoms with Crippen molar-refractivity contribution in [2.24, 2.45) is 5.41 Å². The predicted molar refractivity (Wildman–Crippen MR) is 53.5 cm³/mol. The van der Waals surface area contributed by atoms with E-state index in [1.807, 2.05) is 0 Å². The van der Waals surface area contributed by atoms with Crippen LogP contribution in [0.3, 0.4) is 0 Å². The number of carbonyl (C=O) groups excluding carboxylic acids is 2. The fourth-order valence-electron chi connectivity index (χ4n) is 0.753. The molecule has 0 spiro atoms. The Balaban J connectivity index is 2.55. The molecule has 1 rings (SSSR count). The van der Waals surface area contributed by atoms with Crippen molar-refractivity contribution in [3.05, 3.63) is 5.69 Å². The lowest BCUT2D eigenvalue weighted by Crippen LogP contribution is -2.26. The highest BCUT2D eigenvalue weighted by Crippen LogP contribution is 2.15. The van der Waals surface area contributed by atoms with Crippen LogP contribution in [-0.2, 0) is 9.53 Å². The Morgan fingerprint density at radius 1 is 1.38 bits per heavy atom. The Morgan fingerprint density at radius 2 is 2.00 bits per heavy atom. The topological polar surface area (TPSA) is 108 Å². The number of nitrogen functional groups attached to an aromatic ring is 1. The van der Waals surface area contributed by atoms with E-state index in [0.29, 0.717) is 0 Å². The molecule has 0 saturated carbocycles. The molecule has 0 aliphatic rings. The molecule has 0 saturated heterocycles. The number of aromatic nitrogens is 2. The Kier molecular flexibility index (Phi) is 3.26. The number of hydrogen-bond acceptors (Lipinski definition) is 7. The molecular weight excluding hydrogens is 214 g/mol. The molecule has 1 aromatic heterocycles. The van der Waals surface area contributed by atoms with Crippen LogP contribution in [0.15, 0.2) is 4.63 Å². The smallest absolute Gasteiger partial charge is 0.365 e. The largest absolute Gasteiger partial charge is 0.453 e. The molecule has 0 radical (unpaired) electrons. The highest BCUT2D eigenvalue weighted by atomic mass is 16.6. The molecule has 0 aliphatic carbocycles. The third-order valence-electron chi connectivity index (χ3n) is 1.88. The highest BCUT2D eigenvalue weighted by Gasteiger charge is 2.24. The van der Waals surface area contributed by atoms with Gasteiger partial charge >= 0.3 is 5.97 Å². The summed E-state index contributed by atoms with van der Waals surface area (Å²) in [5.74, 6) is -1.18. The molecule has 0 fully saturated rings. The van der Waals surface area contributed by atoms with Gasteiger partial charge in [-0.2, -0.15) is 0 Å². The minimum absolute atomic E-state index is 0.159. The molecule has 7 nitrogen and oxygen atoms in total. The average molecular weight is 227 g/mol. The van der Waals surface area contributed by atoms with Crippen molar-refractivity contribution in [1.29, 1.82) is 0 Å². The molecule has 0 aromatic carbocycles. The molecule has 1 aromatic rings. The lowest BCUT2D eigenvalue weighted by molar-refractivity contribution is -0.129. The van der Waals surface area contributed by atoms with E-state index in [0.717, 1.165) is 0 Å². The normalized spacial score (nSPS) is 11.2. The summed E-state index contributed by atoms with van der Waals surface area (Å²) < 4.78 is 8.95. The minimum atomic E-state index is -0.823. The minimum Gasteiger partial charge on any atom is -0.453 e. The lowest BCUT2D eigenvalue weighted by atomic mass is 9.91. The molecular formula is C9H13N3O4. The van der Waals surface area contributed by atoms with E-state index in [4.69, 9.17) is 10.5 Å². The summed E-state index contributed by atoms with van der Waals surface area (Å²) in [4.78, 5) is 22.8. The van der Waals surface area contributed by atoms with Crippen LogP contribution in [0.1, 0.15) is 31.3 Å². The van der Waals surface area contributed by atoms with E-state index in [-0.39, 0.29) is 23.9 Å². The number of ketones is 1. The van der Waals surface area contributed by atoms with Gasteiger partial charge in [0.15, 0.2) is 12.4 Å². The van der Waals surface area contributed by atoms with Crippen molar-refractivity contribution in [2.45, 2.75) is 20.8 Å². The summed E-state index contributed by atoms with van der Waals surface area (Å²) in [5, 5.41) is 6.48. The molecule has 16 heavy (non-hydrogen) atoms. The third kappa shape index (κ3) is 2.78. The Bertz CT molecular complexity index is 405. The molecule has 0 bridgehead atoms. The number of nitrogens with zero attached hydrogens (tertiary/aromatic N) is 2. The van der Waals surface area contributed by atoms with Gasteiger partial charge in [0, 0.05) is 5.41 Å². The van der Waals surface area contributed by atoms with Crippen LogP contribution in [0.2, 0.25) is 0 Å². The number of ether oxygens (including phenoxy) is 1. The van der Waals surface area contributed by atoms with Gasteiger partial charge in [-0.3, -0.25) is 4.79 Å². The Morgan fingerprint density at radius 3 is 2.44 bits per heavy atom. The van der Waals surface area contributed by atoms with Crippen LogP contribution in [0.4, 0.5) is 5.82 Å². The van der Waals surface area contributed by atoms with Crippen molar-refractivity contribution < 1.29 is 19.0 Å². The zero-order valence-electron chi connectivity index (χ0n) is 9.31. The maximum absolute atomic E-state index is 11.5. The molecule has 7 heteroatoms. The van der Waals surface area contributed by atoms with Gasteiger partial charge in [-0.1, -0.05) is 20.8 Å². The van der Waals surface area contributed by atoms with Gasteiger partial charge in [-0.05, 0) is 10.3 Å². The summed E-state index contributed by atoms with van der Waals surface area (Å²) >= 11 is 0. The second-order valence-electron chi connectivity index (χ2n) is 4.25. The Hall–Kier alpha value is -1.92. The maximum atomic E-state index is 11.5. The van der Waals surface area contributed by atoms with Gasteiger partial charge in [0.25, 0.3) is 0 Å². The average Bonchev–Trinajstić information content (AvgIpc) is 2.58. The summed E-state index contributed by atoms with van der Waals surface area (Å²) in [6.45, 7) is 4.87. The van der Waals surface area contributed by atoms with E-state index in [9.17, 15) is 9.59 Å². The first kappa shape index (κ1) is 12.2. The van der Waals surface area contributed by atoms with Crippen LogP contribution in [0, 0.1) is 5.41 Å². The summed E-state index contributed by atoms with van der Waals surface area (Å²) in [5.41, 5.74) is 4.50. The molecule has 1 heterocycles. The highest BCUT2D eigenvalue weighted by molar-refractivity contribution is 5.94. The first-order valence-corrected chi connectivity index (χ1v) is 4.61. The number of esters is 1. The fourth-order valence-corrected chi connectivity index (χ4v) is 0.753. The van der Waals surface area contributed by atoms with Crippen LogP contribution in [0.5, 0.6) is 0 Å². The van der Waals surface area contributed by atoms with Gasteiger partial charge in [0.1, 0.15) is 0 Å². The maximum Gasteiger partial charge on any atom is 0.365 e. The van der Waals surface area contributed by atoms with Crippen molar-refractivity contribution in [3.63, 3.8) is 0 Å². The van der Waals surface area contributed by atoms with Crippen molar-refractivity contribution >= 4 is 17.6 Å². The fraction of sp³-hybridized carbons (Fsp3) is 0.556. The first-order chi connectivity index (χ1) is 7.32. The standard InChI is InChI=1S/C9H13N3O4/c1-9(2,3)5(13)4-15-8(14)6-7(10)12-16-11-6/h4H2,1-3H3,(H2,10,12). The van der Waals surface area contributed by atoms with Gasteiger partial charge < -0.3 is 10.5 Å². The van der Waals surface area contributed by atoms with Crippen LogP contribution in [-0.4, -0.2) is 28.7 Å². The monoisotopic (exact) mass is 227 g/mol. The van der Waals surface area contributed by atoms with Gasteiger partial charge in [-0.15, -0.1) is 0 Å². The van der Waals surface area contributed by atoms with Gasteiger partial charge in [0.05, 0.1) is 0 Å². The third-order valence-corrected chi connectivity index (χ3v) is 1.88. The number of Topliss-reactive ketones (excluding diaryl/α,β-unsaturated/α-hetero) is 1. The van der Waals surface area contributed by atoms with E-state index in [1.54, 1.807) is 20.8 Å². The van der Waals surface area contributed by atoms with E-state index in [1.165, 1.54) is 0 Å². The molecule has 0 atom stereocenters. The van der Waals surface area contributed by atoms with Crippen molar-refractivity contribution in [2.75, 3.05) is 12.3 Å². The van der Waals surface area contributed by atoms with E-state index >= 15 is 0 Å². The van der Waals surface area contributed by atoms with Crippen LogP contribution in [0.25, 0.3) is 0 Å². The van der Waals surface area contributed by atoms with Crippen LogP contribution < -0.4 is 5.73 Å². The zero-order chi connectivity index (χ0) is 12.3. The predicted octanol–water partition coefficient (Wildman–Crippen LogP) is 0.424. The van der Waals surface area contributed by atoms with Crippen molar-refractivity contribution in [1.82, 2.24) is 10.3 Å². The summed E-state index contributed by atoms with van der Waals surface area (Å²) in [6.07, 6.45) is 0. The Labute approximate surface area is 91.9 Å². The van der Waals surface area contributed by atoms with Crippen molar-refractivity contribution in [3.8, 4) is 0 Å². The zero-order valence-corrected chi connectivity index (χ0v) is 9.31. The molecule has 0 unspecified atom stereocenters. The van der Waals surface area contributed by atoms with Gasteiger partial charge in [-0.25, -0.2) is 9.42 Å². The number of hydrogen-bond donors (Lipinski definition) is 1. The lowest BCUT2D eigenvalue weighted by Gasteiger charge is -2.15. The van der Waals surface area contributed by atoms with Gasteiger partial charge in [0.2, 0.25) is 11.5 Å². The summed E-state index contributed by atoms with van der Waals surface area (Å²) in [6, 6.07) is 0. The second-order valence-corrected chi connectivity index (χ2v) is 4.25. The first-order valence-electron chi connectivity index (χ1n) is 4.61. The molecule has 88 valence electrons. The van der Waals surface area contributed by atoms with Crippen LogP contribution >= 0.6 is 0 Å². The number of anilines is 1. The second kappa shape index (κ2) is 4.30.